The van der Waals surface area contributed by atoms with E-state index >= 15 is 0 Å². The largest absolute Gasteiger partial charge is 0.388 e. The molecule has 1 saturated heterocycles. The van der Waals surface area contributed by atoms with Crippen molar-refractivity contribution in [2.75, 3.05) is 13.2 Å². The molecule has 0 bridgehead atoms. The van der Waals surface area contributed by atoms with Crippen LogP contribution in [0.15, 0.2) is 11.1 Å². The smallest absolute Gasteiger partial charge is 0.0781 e. The summed E-state index contributed by atoms with van der Waals surface area (Å²) >= 11 is 0. The minimum absolute atomic E-state index is 0.141. The van der Waals surface area contributed by atoms with Crippen molar-refractivity contribution in [3.63, 3.8) is 0 Å². The van der Waals surface area contributed by atoms with Crippen LogP contribution in [0.1, 0.15) is 64.7 Å². The highest BCUT2D eigenvalue weighted by Crippen LogP contribution is 2.42. The van der Waals surface area contributed by atoms with Gasteiger partial charge in [0.1, 0.15) is 0 Å². The van der Waals surface area contributed by atoms with Gasteiger partial charge in [0.05, 0.1) is 6.10 Å². The van der Waals surface area contributed by atoms with E-state index in [0.717, 1.165) is 31.5 Å². The minimum Gasteiger partial charge on any atom is -0.388 e. The van der Waals surface area contributed by atoms with Crippen LogP contribution in [0.3, 0.4) is 0 Å². The van der Waals surface area contributed by atoms with Gasteiger partial charge >= 0.3 is 0 Å². The normalized spacial score (nSPS) is 36.6. The van der Waals surface area contributed by atoms with E-state index in [-0.39, 0.29) is 6.10 Å². The molecule has 0 aromatic rings. The van der Waals surface area contributed by atoms with Crippen LogP contribution in [-0.4, -0.2) is 24.4 Å². The zero-order valence-electron chi connectivity index (χ0n) is 12.9. The third-order valence-corrected chi connectivity index (χ3v) is 5.89. The fraction of sp³-hybridized carbons (Fsp3) is 0.889. The molecule has 0 radical (unpaired) electrons. The van der Waals surface area contributed by atoms with Gasteiger partial charge in [0.2, 0.25) is 0 Å². The average molecular weight is 278 g/mol. The maximum atomic E-state index is 10.9. The summed E-state index contributed by atoms with van der Waals surface area (Å²) in [7, 11) is 0. The van der Waals surface area contributed by atoms with Gasteiger partial charge < -0.3 is 9.84 Å². The van der Waals surface area contributed by atoms with Crippen LogP contribution in [0.4, 0.5) is 0 Å². The van der Waals surface area contributed by atoms with Gasteiger partial charge in [-0.15, -0.1) is 0 Å². The van der Waals surface area contributed by atoms with Crippen molar-refractivity contribution in [3.8, 4) is 0 Å². The van der Waals surface area contributed by atoms with E-state index < -0.39 is 0 Å². The third kappa shape index (κ3) is 3.12. The molecule has 0 aromatic carbocycles. The number of rotatable bonds is 2. The molecule has 3 rings (SSSR count). The molecule has 2 nitrogen and oxygen atoms in total. The van der Waals surface area contributed by atoms with Crippen LogP contribution in [0.2, 0.25) is 0 Å². The Kier molecular flexibility index (Phi) is 4.83. The Hall–Kier alpha value is -0.340. The molecule has 0 spiro atoms. The Morgan fingerprint density at radius 1 is 1.00 bits per heavy atom. The van der Waals surface area contributed by atoms with Gasteiger partial charge in [0.25, 0.3) is 0 Å². The first kappa shape index (κ1) is 14.6. The summed E-state index contributed by atoms with van der Waals surface area (Å²) in [5.74, 6) is 2.01. The number of hydrogen-bond donors (Lipinski definition) is 1. The van der Waals surface area contributed by atoms with Gasteiger partial charge in [-0.1, -0.05) is 12.5 Å². The van der Waals surface area contributed by atoms with Gasteiger partial charge in [-0.3, -0.25) is 0 Å². The lowest BCUT2D eigenvalue weighted by Crippen LogP contribution is -2.28. The second-order valence-corrected chi connectivity index (χ2v) is 7.23. The van der Waals surface area contributed by atoms with Crippen molar-refractivity contribution in [1.29, 1.82) is 0 Å². The molecular weight excluding hydrogens is 248 g/mol. The number of hydrogen-bond acceptors (Lipinski definition) is 2. The van der Waals surface area contributed by atoms with Gasteiger partial charge in [0.15, 0.2) is 0 Å². The molecule has 1 N–H and O–H groups in total. The number of aliphatic hydroxyl groups excluding tert-OH is 1. The lowest BCUT2D eigenvalue weighted by Gasteiger charge is -2.32. The molecule has 2 heteroatoms. The first-order valence-corrected chi connectivity index (χ1v) is 8.73. The summed E-state index contributed by atoms with van der Waals surface area (Å²) in [6.07, 6.45) is 11.0. The molecule has 1 aliphatic heterocycles. The van der Waals surface area contributed by atoms with E-state index in [9.17, 15) is 5.11 Å². The highest BCUT2D eigenvalue weighted by atomic mass is 16.5. The SMILES string of the molecule is CC1CCCC2=C1CCCC(CC1CCOCC1)C2O. The number of aliphatic hydroxyl groups is 1. The molecule has 3 aliphatic rings. The average Bonchev–Trinajstić information content (AvgIpc) is 2.62. The molecule has 0 saturated carbocycles. The second-order valence-electron chi connectivity index (χ2n) is 7.23. The van der Waals surface area contributed by atoms with E-state index in [4.69, 9.17) is 4.74 Å². The molecule has 1 fully saturated rings. The van der Waals surface area contributed by atoms with Gasteiger partial charge in [-0.05, 0) is 81.1 Å². The molecular formula is C18H30O2. The maximum Gasteiger partial charge on any atom is 0.0781 e. The number of allylic oxidation sites excluding steroid dienone is 1. The molecule has 20 heavy (non-hydrogen) atoms. The Morgan fingerprint density at radius 3 is 2.50 bits per heavy atom. The van der Waals surface area contributed by atoms with Crippen LogP contribution in [-0.2, 0) is 4.74 Å². The number of ether oxygens (including phenoxy) is 1. The molecule has 3 unspecified atom stereocenters. The predicted molar refractivity (Wildman–Crippen MR) is 81.5 cm³/mol. The first-order valence-electron chi connectivity index (χ1n) is 8.73. The van der Waals surface area contributed by atoms with Crippen molar-refractivity contribution >= 4 is 0 Å². The zero-order chi connectivity index (χ0) is 13.9. The molecule has 1 heterocycles. The molecule has 0 amide bonds. The highest BCUT2D eigenvalue weighted by Gasteiger charge is 2.33. The van der Waals surface area contributed by atoms with Crippen molar-refractivity contribution in [2.24, 2.45) is 17.8 Å². The summed E-state index contributed by atoms with van der Waals surface area (Å²) < 4.78 is 5.47. The molecule has 3 atom stereocenters. The van der Waals surface area contributed by atoms with E-state index in [1.165, 1.54) is 56.9 Å². The first-order chi connectivity index (χ1) is 9.75. The molecule has 114 valence electrons. The molecule has 0 aromatic heterocycles. The van der Waals surface area contributed by atoms with Crippen molar-refractivity contribution in [2.45, 2.75) is 70.8 Å². The Morgan fingerprint density at radius 2 is 1.70 bits per heavy atom. The zero-order valence-corrected chi connectivity index (χ0v) is 12.9. The van der Waals surface area contributed by atoms with Crippen molar-refractivity contribution in [1.82, 2.24) is 0 Å². The van der Waals surface area contributed by atoms with Crippen LogP contribution in [0.5, 0.6) is 0 Å². The summed E-state index contributed by atoms with van der Waals surface area (Å²) in [6, 6.07) is 0. The highest BCUT2D eigenvalue weighted by molar-refractivity contribution is 5.25. The van der Waals surface area contributed by atoms with E-state index in [1.807, 2.05) is 0 Å². The van der Waals surface area contributed by atoms with Gasteiger partial charge in [0, 0.05) is 13.2 Å². The third-order valence-electron chi connectivity index (χ3n) is 5.89. The van der Waals surface area contributed by atoms with Crippen LogP contribution in [0.25, 0.3) is 0 Å². The summed E-state index contributed by atoms with van der Waals surface area (Å²) in [4.78, 5) is 0. The maximum absolute atomic E-state index is 10.9. The summed E-state index contributed by atoms with van der Waals surface area (Å²) in [6.45, 7) is 4.22. The second kappa shape index (κ2) is 6.62. The fourth-order valence-electron chi connectivity index (χ4n) is 4.65. The predicted octanol–water partition coefficient (Wildman–Crippen LogP) is 4.08. The summed E-state index contributed by atoms with van der Waals surface area (Å²) in [5, 5.41) is 10.9. The van der Waals surface area contributed by atoms with E-state index in [0.29, 0.717) is 5.92 Å². The Bertz CT molecular complexity index is 354. The van der Waals surface area contributed by atoms with Crippen molar-refractivity contribution < 1.29 is 9.84 Å². The topological polar surface area (TPSA) is 29.5 Å². The molecule has 2 aliphatic carbocycles. The van der Waals surface area contributed by atoms with Crippen molar-refractivity contribution in [3.05, 3.63) is 11.1 Å². The van der Waals surface area contributed by atoms with Crippen LogP contribution in [0, 0.1) is 17.8 Å². The Labute approximate surface area is 123 Å². The minimum atomic E-state index is -0.141. The lowest BCUT2D eigenvalue weighted by atomic mass is 9.77. The quantitative estimate of drug-likeness (QED) is 0.771. The fourth-order valence-corrected chi connectivity index (χ4v) is 4.65. The van der Waals surface area contributed by atoms with Gasteiger partial charge in [-0.25, -0.2) is 0 Å². The Balaban J connectivity index is 1.69. The van der Waals surface area contributed by atoms with E-state index in [1.54, 1.807) is 5.57 Å². The lowest BCUT2D eigenvalue weighted by molar-refractivity contribution is 0.0438. The van der Waals surface area contributed by atoms with Crippen LogP contribution < -0.4 is 0 Å². The van der Waals surface area contributed by atoms with E-state index in [2.05, 4.69) is 6.92 Å². The standard InChI is InChI=1S/C18H30O2/c1-13-4-2-7-17-16(13)6-3-5-15(18(17)19)12-14-8-10-20-11-9-14/h13-15,18-19H,2-12H2,1H3. The van der Waals surface area contributed by atoms with Crippen LogP contribution >= 0.6 is 0 Å². The monoisotopic (exact) mass is 278 g/mol. The summed E-state index contributed by atoms with van der Waals surface area (Å²) in [5.41, 5.74) is 3.07. The van der Waals surface area contributed by atoms with Gasteiger partial charge in [-0.2, -0.15) is 0 Å².